The van der Waals surface area contributed by atoms with Crippen LogP contribution in [0.4, 0.5) is 24.5 Å². The zero-order chi connectivity index (χ0) is 29.0. The van der Waals surface area contributed by atoms with Crippen molar-refractivity contribution in [2.24, 2.45) is 10.7 Å². The summed E-state index contributed by atoms with van der Waals surface area (Å²) in [7, 11) is 1.40. The lowest BCUT2D eigenvalue weighted by atomic mass is 10.1. The molecule has 2 heterocycles. The van der Waals surface area contributed by atoms with Crippen molar-refractivity contribution in [2.45, 2.75) is 26.8 Å². The maximum absolute atomic E-state index is 15.3. The number of piperazine rings is 1. The van der Waals surface area contributed by atoms with Crippen LogP contribution in [0.3, 0.4) is 0 Å². The quantitative estimate of drug-likeness (QED) is 0.138. The van der Waals surface area contributed by atoms with Gasteiger partial charge in [0.05, 0.1) is 23.6 Å². The second-order valence-corrected chi connectivity index (χ2v) is 9.54. The van der Waals surface area contributed by atoms with Crippen LogP contribution in [0.15, 0.2) is 46.8 Å². The summed E-state index contributed by atoms with van der Waals surface area (Å²) < 4.78 is 50.7. The Bertz CT molecular complexity index is 1450. The van der Waals surface area contributed by atoms with Gasteiger partial charge in [-0.2, -0.15) is 0 Å². The Morgan fingerprint density at radius 2 is 1.90 bits per heavy atom. The van der Waals surface area contributed by atoms with Gasteiger partial charge in [-0.1, -0.05) is 6.92 Å². The smallest absolute Gasteiger partial charge is 0.254 e. The van der Waals surface area contributed by atoms with E-state index >= 15 is 8.78 Å². The highest BCUT2D eigenvalue weighted by molar-refractivity contribution is 5.95. The third kappa shape index (κ3) is 6.01. The van der Waals surface area contributed by atoms with E-state index in [9.17, 15) is 9.18 Å². The molecule has 5 N–H and O–H groups in total. The Balaban J connectivity index is 1.63. The summed E-state index contributed by atoms with van der Waals surface area (Å²) in [6, 6.07) is 6.27. The van der Waals surface area contributed by atoms with Crippen molar-refractivity contribution in [3.8, 4) is 5.75 Å². The van der Waals surface area contributed by atoms with Crippen LogP contribution in [0.5, 0.6) is 5.75 Å². The zero-order valence-corrected chi connectivity index (χ0v) is 22.9. The molecule has 214 valence electrons. The first-order valence-electron chi connectivity index (χ1n) is 13.1. The van der Waals surface area contributed by atoms with Crippen LogP contribution in [-0.4, -0.2) is 67.9 Å². The lowest BCUT2D eigenvalue weighted by Gasteiger charge is -2.35. The van der Waals surface area contributed by atoms with E-state index in [1.165, 1.54) is 19.2 Å². The number of aromatic nitrogens is 1. The number of H-pyrrole nitrogens is 1. The standard InChI is InChI=1S/C28H34F3N7O2/c1-5-37-8-10-38(11-9-37)22-7-6-18(13-20(22)29)36-17(3)24(27(39)33-4)28(34-15-32)40-23-14-21(30)26-19(25(23)31)12-16(2)35-26/h6-7,12-15,17,35-36H,5,8-11H2,1-4H3,(H2,32,34)(H,33,39)/b28-24-. The van der Waals surface area contributed by atoms with Gasteiger partial charge >= 0.3 is 0 Å². The Morgan fingerprint density at radius 3 is 2.52 bits per heavy atom. The zero-order valence-electron chi connectivity index (χ0n) is 22.9. The molecule has 40 heavy (non-hydrogen) atoms. The number of fused-ring (bicyclic) bond motifs is 1. The number of aryl methyl sites for hydroxylation is 1. The third-order valence-corrected chi connectivity index (χ3v) is 6.93. The van der Waals surface area contributed by atoms with Gasteiger partial charge in [-0.05, 0) is 44.7 Å². The number of anilines is 2. The normalized spacial score (nSPS) is 15.8. The summed E-state index contributed by atoms with van der Waals surface area (Å²) in [6.07, 6.45) is 0.880. The maximum atomic E-state index is 15.3. The average Bonchev–Trinajstić information content (AvgIpc) is 3.34. The van der Waals surface area contributed by atoms with Gasteiger partial charge in [0.25, 0.3) is 5.91 Å². The van der Waals surface area contributed by atoms with Gasteiger partial charge < -0.3 is 35.9 Å². The minimum atomic E-state index is -0.834. The first-order valence-corrected chi connectivity index (χ1v) is 13.1. The molecular formula is C28H34F3N7O2. The van der Waals surface area contributed by atoms with E-state index in [1.807, 2.05) is 4.90 Å². The van der Waals surface area contributed by atoms with Crippen molar-refractivity contribution in [1.29, 1.82) is 0 Å². The van der Waals surface area contributed by atoms with Crippen LogP contribution < -0.4 is 26.0 Å². The lowest BCUT2D eigenvalue weighted by Crippen LogP contribution is -2.46. The number of nitrogens with zero attached hydrogens (tertiary/aromatic N) is 3. The van der Waals surface area contributed by atoms with Gasteiger partial charge in [-0.25, -0.2) is 18.2 Å². The SMILES string of the molecule is CCN1CCN(c2ccc(NC(C)/C(C(=O)NC)=C(\N=CN)Oc3cc(F)c4[nH]c(C)cc4c3F)cc2F)CC1. The first kappa shape index (κ1) is 28.8. The fourth-order valence-electron chi connectivity index (χ4n) is 4.83. The van der Waals surface area contributed by atoms with Crippen molar-refractivity contribution >= 4 is 34.5 Å². The van der Waals surface area contributed by atoms with E-state index in [1.54, 1.807) is 26.0 Å². The van der Waals surface area contributed by atoms with Crippen molar-refractivity contribution < 1.29 is 22.7 Å². The summed E-state index contributed by atoms with van der Waals surface area (Å²) in [4.78, 5) is 23.9. The van der Waals surface area contributed by atoms with Gasteiger partial charge in [-0.15, -0.1) is 0 Å². The van der Waals surface area contributed by atoms with Gasteiger partial charge in [0.15, 0.2) is 17.4 Å². The van der Waals surface area contributed by atoms with Crippen molar-refractivity contribution in [1.82, 2.24) is 15.2 Å². The number of nitrogens with one attached hydrogen (secondary N) is 3. The highest BCUT2D eigenvalue weighted by Crippen LogP contribution is 2.32. The molecule has 9 nitrogen and oxygen atoms in total. The van der Waals surface area contributed by atoms with E-state index < -0.39 is 35.2 Å². The fraction of sp³-hybridized carbons (Fsp3) is 0.357. The molecule has 1 aliphatic rings. The molecule has 12 heteroatoms. The molecule has 0 bridgehead atoms. The van der Waals surface area contributed by atoms with Crippen LogP contribution in [0.25, 0.3) is 10.9 Å². The second-order valence-electron chi connectivity index (χ2n) is 9.54. The summed E-state index contributed by atoms with van der Waals surface area (Å²) in [5, 5.41) is 5.56. The molecular weight excluding hydrogens is 523 g/mol. The molecule has 1 amide bonds. The van der Waals surface area contributed by atoms with E-state index in [-0.39, 0.29) is 22.4 Å². The van der Waals surface area contributed by atoms with Crippen molar-refractivity contribution in [3.63, 3.8) is 0 Å². The summed E-state index contributed by atoms with van der Waals surface area (Å²) >= 11 is 0. The highest BCUT2D eigenvalue weighted by Gasteiger charge is 2.26. The number of likely N-dealkylation sites (N-methyl/N-ethyl adjacent to an activating group) is 2. The van der Waals surface area contributed by atoms with Gasteiger partial charge in [0, 0.05) is 56.1 Å². The predicted octanol–water partition coefficient (Wildman–Crippen LogP) is 3.86. The predicted molar refractivity (Wildman–Crippen MR) is 151 cm³/mol. The summed E-state index contributed by atoms with van der Waals surface area (Å²) in [5.41, 5.74) is 6.91. The van der Waals surface area contributed by atoms with E-state index in [0.717, 1.165) is 45.1 Å². The molecule has 1 saturated heterocycles. The van der Waals surface area contributed by atoms with Gasteiger partial charge in [0.2, 0.25) is 5.88 Å². The van der Waals surface area contributed by atoms with Crippen LogP contribution in [-0.2, 0) is 4.79 Å². The number of nitrogens with two attached hydrogens (primary N) is 1. The number of aliphatic imine (C=N–C) groups is 1. The van der Waals surface area contributed by atoms with Crippen molar-refractivity contribution in [3.05, 3.63) is 64.9 Å². The first-order chi connectivity index (χ1) is 19.2. The number of ether oxygens (including phenoxy) is 1. The molecule has 1 aromatic heterocycles. The fourth-order valence-corrected chi connectivity index (χ4v) is 4.83. The Labute approximate surface area is 230 Å². The number of benzene rings is 2. The van der Waals surface area contributed by atoms with E-state index in [2.05, 4.69) is 32.4 Å². The molecule has 0 aliphatic carbocycles. The molecule has 0 saturated carbocycles. The second kappa shape index (κ2) is 12.3. The summed E-state index contributed by atoms with van der Waals surface area (Å²) in [6.45, 7) is 9.53. The minimum absolute atomic E-state index is 0.00511. The number of carbonyl (C=O) groups excluding carboxylic acids is 1. The van der Waals surface area contributed by atoms with Crippen LogP contribution in [0.1, 0.15) is 19.5 Å². The molecule has 0 radical (unpaired) electrons. The number of aromatic amines is 1. The number of carbonyl (C=O) groups is 1. The molecule has 1 unspecified atom stereocenters. The van der Waals surface area contributed by atoms with Crippen LogP contribution in [0.2, 0.25) is 0 Å². The number of rotatable bonds is 9. The van der Waals surface area contributed by atoms with Crippen molar-refractivity contribution in [2.75, 3.05) is 50.0 Å². The van der Waals surface area contributed by atoms with Gasteiger partial charge in [0.1, 0.15) is 11.4 Å². The average molecular weight is 558 g/mol. The summed E-state index contributed by atoms with van der Waals surface area (Å²) in [5.74, 6) is -3.41. The third-order valence-electron chi connectivity index (χ3n) is 6.93. The molecule has 1 atom stereocenters. The molecule has 0 spiro atoms. The topological polar surface area (TPSA) is 111 Å². The monoisotopic (exact) mass is 557 g/mol. The van der Waals surface area contributed by atoms with Crippen LogP contribution in [0, 0.1) is 24.4 Å². The molecule has 4 rings (SSSR count). The number of hydrogen-bond acceptors (Lipinski definition) is 6. The molecule has 2 aromatic carbocycles. The number of amides is 1. The van der Waals surface area contributed by atoms with Gasteiger partial charge in [-0.3, -0.25) is 4.79 Å². The molecule has 1 aliphatic heterocycles. The number of hydrogen-bond donors (Lipinski definition) is 4. The Morgan fingerprint density at radius 1 is 1.18 bits per heavy atom. The highest BCUT2D eigenvalue weighted by atomic mass is 19.1. The Hall–Kier alpha value is -4.19. The maximum Gasteiger partial charge on any atom is 0.254 e. The lowest BCUT2D eigenvalue weighted by molar-refractivity contribution is -0.117. The van der Waals surface area contributed by atoms with E-state index in [4.69, 9.17) is 10.5 Å². The Kier molecular flexibility index (Phi) is 8.88. The number of halogens is 3. The minimum Gasteiger partial charge on any atom is -0.435 e. The van der Waals surface area contributed by atoms with Crippen LogP contribution >= 0.6 is 0 Å². The van der Waals surface area contributed by atoms with E-state index in [0.29, 0.717) is 17.1 Å². The molecule has 1 fully saturated rings. The largest absolute Gasteiger partial charge is 0.435 e. The molecule has 3 aromatic rings.